The molecule has 2 aromatic rings. The molecule has 1 N–H and O–H groups in total. The third-order valence-electron chi connectivity index (χ3n) is 6.03. The van der Waals surface area contributed by atoms with Gasteiger partial charge in [0, 0.05) is 59.2 Å². The lowest BCUT2D eigenvalue weighted by molar-refractivity contribution is 0.367. The zero-order valence-corrected chi connectivity index (χ0v) is 18.2. The monoisotopic (exact) mass is 411 g/mol. The highest BCUT2D eigenvalue weighted by Gasteiger charge is 2.22. The first-order valence-corrected chi connectivity index (χ1v) is 11.0. The molecule has 2 aliphatic heterocycles. The van der Waals surface area contributed by atoms with Gasteiger partial charge in [0.1, 0.15) is 17.4 Å². The van der Waals surface area contributed by atoms with E-state index in [9.17, 15) is 0 Å². The molecule has 3 heterocycles. The number of methoxy groups -OCH3 is 1. The molecule has 162 valence electrons. The molecule has 8 nitrogen and oxygen atoms in total. The van der Waals surface area contributed by atoms with Gasteiger partial charge in [-0.25, -0.2) is 0 Å². The molecule has 1 fully saturated rings. The van der Waals surface area contributed by atoms with Crippen molar-refractivity contribution < 1.29 is 4.74 Å². The highest BCUT2D eigenvalue weighted by Crippen LogP contribution is 2.28. The van der Waals surface area contributed by atoms with Gasteiger partial charge in [-0.3, -0.25) is 4.99 Å². The number of ether oxygens (including phenoxy) is 1. The molecular formula is C22H33N7O. The van der Waals surface area contributed by atoms with Crippen LogP contribution in [-0.2, 0) is 19.4 Å². The van der Waals surface area contributed by atoms with Crippen molar-refractivity contribution in [3.05, 3.63) is 35.9 Å². The van der Waals surface area contributed by atoms with E-state index in [0.717, 1.165) is 81.2 Å². The Morgan fingerprint density at radius 2 is 1.90 bits per heavy atom. The van der Waals surface area contributed by atoms with Crippen molar-refractivity contribution >= 4 is 11.6 Å². The largest absolute Gasteiger partial charge is 0.495 e. The zero-order chi connectivity index (χ0) is 20.8. The summed E-state index contributed by atoms with van der Waals surface area (Å²) in [6.45, 7) is 5.61. The second kappa shape index (κ2) is 9.82. The number of nitrogens with zero attached hydrogens (tertiary/aromatic N) is 6. The van der Waals surface area contributed by atoms with E-state index in [2.05, 4.69) is 47.0 Å². The van der Waals surface area contributed by atoms with Crippen LogP contribution in [-0.4, -0.2) is 72.5 Å². The molecular weight excluding hydrogens is 378 g/mol. The third-order valence-corrected chi connectivity index (χ3v) is 6.03. The number of benzene rings is 1. The summed E-state index contributed by atoms with van der Waals surface area (Å²) in [5.41, 5.74) is 1.16. The average molecular weight is 412 g/mol. The number of para-hydroxylation sites is 2. The van der Waals surface area contributed by atoms with Crippen LogP contribution in [0.2, 0.25) is 0 Å². The molecule has 0 bridgehead atoms. The minimum atomic E-state index is 0.817. The normalized spacial score (nSPS) is 17.5. The Bertz CT molecular complexity index is 855. The van der Waals surface area contributed by atoms with Gasteiger partial charge in [-0.05, 0) is 25.0 Å². The molecule has 8 heteroatoms. The first-order valence-electron chi connectivity index (χ1n) is 11.0. The summed E-state index contributed by atoms with van der Waals surface area (Å²) in [6, 6.07) is 8.23. The van der Waals surface area contributed by atoms with Gasteiger partial charge in [0.05, 0.1) is 12.8 Å². The summed E-state index contributed by atoms with van der Waals surface area (Å²) < 4.78 is 7.85. The van der Waals surface area contributed by atoms with Crippen LogP contribution in [0.25, 0.3) is 0 Å². The van der Waals surface area contributed by atoms with Gasteiger partial charge in [-0.1, -0.05) is 18.6 Å². The Balaban J connectivity index is 1.29. The van der Waals surface area contributed by atoms with Crippen LogP contribution >= 0.6 is 0 Å². The van der Waals surface area contributed by atoms with E-state index in [1.165, 1.54) is 19.3 Å². The van der Waals surface area contributed by atoms with Crippen molar-refractivity contribution in [3.8, 4) is 5.75 Å². The Morgan fingerprint density at radius 3 is 2.70 bits per heavy atom. The van der Waals surface area contributed by atoms with Crippen molar-refractivity contribution in [3.63, 3.8) is 0 Å². The topological polar surface area (TPSA) is 70.8 Å². The molecule has 0 spiro atoms. The van der Waals surface area contributed by atoms with Crippen molar-refractivity contribution in [1.82, 2.24) is 25.0 Å². The Hall–Kier alpha value is -2.77. The van der Waals surface area contributed by atoms with Gasteiger partial charge in [0.2, 0.25) is 0 Å². The summed E-state index contributed by atoms with van der Waals surface area (Å²) in [7, 11) is 3.59. The van der Waals surface area contributed by atoms with Crippen molar-refractivity contribution in [2.24, 2.45) is 4.99 Å². The Labute approximate surface area is 178 Å². The van der Waals surface area contributed by atoms with Gasteiger partial charge in [-0.2, -0.15) is 0 Å². The number of hydrogen-bond acceptors (Lipinski definition) is 5. The smallest absolute Gasteiger partial charge is 0.193 e. The van der Waals surface area contributed by atoms with E-state index in [1.807, 2.05) is 19.2 Å². The fourth-order valence-corrected chi connectivity index (χ4v) is 4.40. The maximum absolute atomic E-state index is 5.53. The van der Waals surface area contributed by atoms with E-state index in [-0.39, 0.29) is 0 Å². The highest BCUT2D eigenvalue weighted by molar-refractivity contribution is 5.80. The van der Waals surface area contributed by atoms with Crippen LogP contribution in [0.1, 0.15) is 30.9 Å². The van der Waals surface area contributed by atoms with Crippen LogP contribution in [0, 0.1) is 0 Å². The second-order valence-corrected chi connectivity index (χ2v) is 7.86. The highest BCUT2D eigenvalue weighted by atomic mass is 16.5. The Kier molecular flexibility index (Phi) is 6.71. The lowest BCUT2D eigenvalue weighted by atomic mass is 10.2. The first-order chi connectivity index (χ1) is 14.8. The fourth-order valence-electron chi connectivity index (χ4n) is 4.40. The van der Waals surface area contributed by atoms with Crippen LogP contribution in [0.3, 0.4) is 0 Å². The molecule has 4 rings (SSSR count). The number of aryl methyl sites for hydroxylation is 1. The Morgan fingerprint density at radius 1 is 1.07 bits per heavy atom. The maximum Gasteiger partial charge on any atom is 0.193 e. The molecule has 0 atom stereocenters. The van der Waals surface area contributed by atoms with E-state index in [0.29, 0.717) is 0 Å². The number of rotatable bonds is 5. The molecule has 0 saturated carbocycles. The van der Waals surface area contributed by atoms with E-state index >= 15 is 0 Å². The number of anilines is 1. The predicted molar refractivity (Wildman–Crippen MR) is 119 cm³/mol. The molecule has 0 unspecified atom stereocenters. The summed E-state index contributed by atoms with van der Waals surface area (Å²) >= 11 is 0. The second-order valence-electron chi connectivity index (χ2n) is 7.86. The minimum Gasteiger partial charge on any atom is -0.495 e. The van der Waals surface area contributed by atoms with E-state index in [4.69, 9.17) is 4.74 Å². The van der Waals surface area contributed by atoms with Crippen LogP contribution in [0.4, 0.5) is 5.69 Å². The summed E-state index contributed by atoms with van der Waals surface area (Å²) in [5, 5.41) is 12.4. The van der Waals surface area contributed by atoms with Crippen molar-refractivity contribution in [2.45, 2.75) is 38.6 Å². The number of piperazine rings is 1. The van der Waals surface area contributed by atoms with E-state index in [1.54, 1.807) is 7.11 Å². The van der Waals surface area contributed by atoms with Gasteiger partial charge in [-0.15, -0.1) is 10.2 Å². The number of fused-ring (bicyclic) bond motifs is 1. The van der Waals surface area contributed by atoms with Gasteiger partial charge < -0.3 is 24.4 Å². The zero-order valence-electron chi connectivity index (χ0n) is 18.2. The molecule has 2 aliphatic rings. The van der Waals surface area contributed by atoms with Crippen LogP contribution < -0.4 is 15.0 Å². The first kappa shape index (κ1) is 20.5. The maximum atomic E-state index is 5.53. The minimum absolute atomic E-state index is 0.817. The van der Waals surface area contributed by atoms with Gasteiger partial charge in [0.15, 0.2) is 5.96 Å². The van der Waals surface area contributed by atoms with Crippen molar-refractivity contribution in [2.75, 3.05) is 51.8 Å². The standard InChI is InChI=1S/C22H33N7O/c1-23-22(24-12-11-21-26-25-20-10-4-3-7-13-29(20)21)28-16-14-27(15-17-28)18-8-5-6-9-19(18)30-2/h5-6,8-9H,3-4,7,10-17H2,1-2H3,(H,23,24). The van der Waals surface area contributed by atoms with Crippen molar-refractivity contribution in [1.29, 1.82) is 0 Å². The van der Waals surface area contributed by atoms with Crippen LogP contribution in [0.5, 0.6) is 5.75 Å². The molecule has 1 saturated heterocycles. The SMILES string of the molecule is CN=C(NCCc1nnc2n1CCCCC2)N1CCN(c2ccccc2OC)CC1. The van der Waals surface area contributed by atoms with Crippen LogP contribution in [0.15, 0.2) is 29.3 Å². The predicted octanol–water partition coefficient (Wildman–Crippen LogP) is 1.95. The summed E-state index contributed by atoms with van der Waals surface area (Å²) in [5.74, 6) is 4.14. The number of aliphatic imine (C=N–C) groups is 1. The molecule has 1 aromatic carbocycles. The van der Waals surface area contributed by atoms with Gasteiger partial charge in [0.25, 0.3) is 0 Å². The number of aromatic nitrogens is 3. The fraction of sp³-hybridized carbons (Fsp3) is 0.591. The molecule has 0 amide bonds. The molecule has 0 radical (unpaired) electrons. The molecule has 30 heavy (non-hydrogen) atoms. The van der Waals surface area contributed by atoms with E-state index < -0.39 is 0 Å². The lowest BCUT2D eigenvalue weighted by Gasteiger charge is -2.38. The number of guanidine groups is 1. The average Bonchev–Trinajstić information content (AvgIpc) is 3.02. The summed E-state index contributed by atoms with van der Waals surface area (Å²) in [6.07, 6.45) is 5.66. The number of hydrogen-bond donors (Lipinski definition) is 1. The lowest BCUT2D eigenvalue weighted by Crippen LogP contribution is -2.52. The molecule has 1 aromatic heterocycles. The van der Waals surface area contributed by atoms with Gasteiger partial charge >= 0.3 is 0 Å². The number of nitrogens with one attached hydrogen (secondary N) is 1. The quantitative estimate of drug-likeness (QED) is 0.599. The summed E-state index contributed by atoms with van der Waals surface area (Å²) in [4.78, 5) is 9.22. The third kappa shape index (κ3) is 4.52. The molecule has 0 aliphatic carbocycles.